The number of nitrogens with one attached hydrogen (secondary N) is 2. The van der Waals surface area contributed by atoms with Gasteiger partial charge >= 0.3 is 0 Å². The summed E-state index contributed by atoms with van der Waals surface area (Å²) in [5.41, 5.74) is 5.78. The van der Waals surface area contributed by atoms with Crippen molar-refractivity contribution in [3.8, 4) is 5.75 Å². The second-order valence-corrected chi connectivity index (χ2v) is 7.11. The van der Waals surface area contributed by atoms with Crippen LogP contribution >= 0.6 is 0 Å². The first-order valence-electron chi connectivity index (χ1n) is 7.31. The lowest BCUT2D eigenvalue weighted by atomic mass is 10.2. The number of fused-ring (bicyclic) bond motifs is 1. The molecule has 25 heavy (non-hydrogen) atoms. The Morgan fingerprint density at radius 2 is 1.96 bits per heavy atom. The number of hydrogen-bond donors (Lipinski definition) is 3. The third kappa shape index (κ3) is 3.26. The van der Waals surface area contributed by atoms with Crippen molar-refractivity contribution < 1.29 is 22.7 Å². The van der Waals surface area contributed by atoms with Crippen LogP contribution in [0.4, 0.5) is 11.4 Å². The Balaban J connectivity index is 1.95. The van der Waals surface area contributed by atoms with Crippen LogP contribution in [0.5, 0.6) is 5.75 Å². The monoisotopic (exact) mass is 361 g/mol. The summed E-state index contributed by atoms with van der Waals surface area (Å²) >= 11 is 0. The van der Waals surface area contributed by atoms with Gasteiger partial charge in [-0.15, -0.1) is 0 Å². The van der Waals surface area contributed by atoms with E-state index in [4.69, 9.17) is 10.5 Å². The molecule has 0 saturated carbocycles. The van der Waals surface area contributed by atoms with Gasteiger partial charge < -0.3 is 15.8 Å². The third-order valence-corrected chi connectivity index (χ3v) is 4.99. The number of sulfonamides is 1. The van der Waals surface area contributed by atoms with Gasteiger partial charge in [0.15, 0.2) is 6.10 Å². The minimum Gasteiger partial charge on any atom is -0.479 e. The summed E-state index contributed by atoms with van der Waals surface area (Å²) < 4.78 is 33.0. The summed E-state index contributed by atoms with van der Waals surface area (Å²) in [7, 11) is -3.98. The minimum atomic E-state index is -3.98. The van der Waals surface area contributed by atoms with Gasteiger partial charge in [-0.1, -0.05) is 12.1 Å². The molecule has 0 spiro atoms. The number of hydrogen-bond acceptors (Lipinski definition) is 5. The van der Waals surface area contributed by atoms with Crippen LogP contribution in [0.25, 0.3) is 0 Å². The van der Waals surface area contributed by atoms with Crippen molar-refractivity contribution in [3.63, 3.8) is 0 Å². The Labute approximate surface area is 144 Å². The fraction of sp³-hybridized carbons (Fsp3) is 0.125. The molecule has 2 aromatic carbocycles. The lowest BCUT2D eigenvalue weighted by Crippen LogP contribution is -2.34. The maximum absolute atomic E-state index is 12.6. The van der Waals surface area contributed by atoms with Gasteiger partial charge in [0, 0.05) is 6.07 Å². The lowest BCUT2D eigenvalue weighted by Gasteiger charge is -2.23. The molecular formula is C16H15N3O5S. The molecule has 2 aromatic rings. The Kier molecular flexibility index (Phi) is 4.09. The van der Waals surface area contributed by atoms with E-state index in [0.29, 0.717) is 5.69 Å². The van der Waals surface area contributed by atoms with Crippen LogP contribution in [0.2, 0.25) is 0 Å². The quantitative estimate of drug-likeness (QED) is 0.756. The fourth-order valence-electron chi connectivity index (χ4n) is 2.34. The van der Waals surface area contributed by atoms with Crippen LogP contribution in [0.15, 0.2) is 47.4 Å². The highest BCUT2D eigenvalue weighted by Gasteiger charge is 2.26. The van der Waals surface area contributed by atoms with Crippen LogP contribution in [-0.4, -0.2) is 26.3 Å². The first kappa shape index (κ1) is 16.8. The molecule has 3 rings (SSSR count). The van der Waals surface area contributed by atoms with E-state index < -0.39 is 22.0 Å². The van der Waals surface area contributed by atoms with Crippen molar-refractivity contribution in [2.24, 2.45) is 5.73 Å². The van der Waals surface area contributed by atoms with Crippen molar-refractivity contribution >= 4 is 33.2 Å². The van der Waals surface area contributed by atoms with Crippen molar-refractivity contribution in [2.75, 3.05) is 10.0 Å². The van der Waals surface area contributed by atoms with E-state index in [0.717, 1.165) is 0 Å². The number of anilines is 2. The molecule has 9 heteroatoms. The number of para-hydroxylation sites is 1. The Morgan fingerprint density at radius 1 is 1.24 bits per heavy atom. The molecule has 0 bridgehead atoms. The average Bonchev–Trinajstić information content (AvgIpc) is 2.55. The molecule has 1 aliphatic rings. The van der Waals surface area contributed by atoms with Gasteiger partial charge in [-0.2, -0.15) is 0 Å². The number of nitrogens with two attached hydrogens (primary N) is 1. The Hall–Kier alpha value is -3.07. The molecule has 0 radical (unpaired) electrons. The number of rotatable bonds is 4. The van der Waals surface area contributed by atoms with Gasteiger partial charge in [0.25, 0.3) is 21.8 Å². The molecule has 4 N–H and O–H groups in total. The first-order valence-corrected chi connectivity index (χ1v) is 8.79. The lowest BCUT2D eigenvalue weighted by molar-refractivity contribution is -0.122. The predicted molar refractivity (Wildman–Crippen MR) is 90.9 cm³/mol. The first-order chi connectivity index (χ1) is 11.8. The van der Waals surface area contributed by atoms with Crippen LogP contribution in [0.1, 0.15) is 17.3 Å². The van der Waals surface area contributed by atoms with E-state index in [1.807, 2.05) is 0 Å². The second-order valence-electron chi connectivity index (χ2n) is 5.42. The van der Waals surface area contributed by atoms with E-state index in [2.05, 4.69) is 10.0 Å². The summed E-state index contributed by atoms with van der Waals surface area (Å²) in [6, 6.07) is 10.1. The van der Waals surface area contributed by atoms with Gasteiger partial charge in [-0.3, -0.25) is 14.3 Å². The minimum absolute atomic E-state index is 0.0566. The smallest absolute Gasteiger partial charge is 0.265 e. The van der Waals surface area contributed by atoms with E-state index in [9.17, 15) is 18.0 Å². The molecule has 0 saturated heterocycles. The Bertz CT molecular complexity index is 971. The highest BCUT2D eigenvalue weighted by molar-refractivity contribution is 7.92. The van der Waals surface area contributed by atoms with E-state index in [1.54, 1.807) is 19.1 Å². The average molecular weight is 361 g/mol. The molecule has 0 unspecified atom stereocenters. The number of benzene rings is 2. The van der Waals surface area contributed by atoms with Gasteiger partial charge in [0.05, 0.1) is 21.8 Å². The summed E-state index contributed by atoms with van der Waals surface area (Å²) in [6.45, 7) is 1.56. The molecule has 130 valence electrons. The summed E-state index contributed by atoms with van der Waals surface area (Å²) in [4.78, 5) is 22.9. The van der Waals surface area contributed by atoms with Crippen LogP contribution in [0, 0.1) is 0 Å². The molecule has 1 atom stereocenters. The van der Waals surface area contributed by atoms with Crippen LogP contribution in [-0.2, 0) is 14.8 Å². The topological polar surface area (TPSA) is 128 Å². The zero-order valence-corrected chi connectivity index (χ0v) is 14.0. The number of ether oxygens (including phenoxy) is 1. The molecule has 0 aliphatic carbocycles. The fourth-order valence-corrected chi connectivity index (χ4v) is 3.43. The van der Waals surface area contributed by atoms with Gasteiger partial charge in [-0.05, 0) is 31.2 Å². The molecule has 8 nitrogen and oxygen atoms in total. The molecule has 0 aromatic heterocycles. The summed E-state index contributed by atoms with van der Waals surface area (Å²) in [5, 5.41) is 2.62. The number of carbonyl (C=O) groups is 2. The van der Waals surface area contributed by atoms with Crippen LogP contribution in [0.3, 0.4) is 0 Å². The third-order valence-electron chi connectivity index (χ3n) is 3.63. The standard InChI is InChI=1S/C16H15N3O5S/c1-9-16(21)18-13-7-6-10(8-14(13)24-9)25(22,23)19-12-5-3-2-4-11(12)15(17)20/h2-9,19H,1H3,(H2,17,20)(H,18,21)/t9-/m0/s1. The molecule has 1 heterocycles. The molecule has 0 fully saturated rings. The zero-order chi connectivity index (χ0) is 18.2. The van der Waals surface area contributed by atoms with E-state index >= 15 is 0 Å². The highest BCUT2D eigenvalue weighted by Crippen LogP contribution is 2.32. The summed E-state index contributed by atoms with van der Waals surface area (Å²) in [5.74, 6) is -0.807. The normalized spacial score (nSPS) is 16.4. The summed E-state index contributed by atoms with van der Waals surface area (Å²) in [6.07, 6.45) is -0.728. The highest BCUT2D eigenvalue weighted by atomic mass is 32.2. The zero-order valence-electron chi connectivity index (χ0n) is 13.1. The second kappa shape index (κ2) is 6.10. The molecule has 1 aliphatic heterocycles. The maximum Gasteiger partial charge on any atom is 0.265 e. The number of carbonyl (C=O) groups excluding carboxylic acids is 2. The number of primary amides is 1. The SMILES string of the molecule is C[C@@H]1Oc2cc(S(=O)(=O)Nc3ccccc3C(N)=O)ccc2NC1=O. The molecule has 2 amide bonds. The van der Waals surface area contributed by atoms with Gasteiger partial charge in [0.1, 0.15) is 5.75 Å². The van der Waals surface area contributed by atoms with Crippen LogP contribution < -0.4 is 20.5 Å². The predicted octanol–water partition coefficient (Wildman–Crippen LogP) is 1.31. The Morgan fingerprint density at radius 3 is 2.68 bits per heavy atom. The van der Waals surface area contributed by atoms with Crippen molar-refractivity contribution in [3.05, 3.63) is 48.0 Å². The molecular weight excluding hydrogens is 346 g/mol. The van der Waals surface area contributed by atoms with Gasteiger partial charge in [0.2, 0.25) is 0 Å². The van der Waals surface area contributed by atoms with Gasteiger partial charge in [-0.25, -0.2) is 8.42 Å². The maximum atomic E-state index is 12.6. The number of amides is 2. The van der Waals surface area contributed by atoms with E-state index in [1.165, 1.54) is 30.3 Å². The van der Waals surface area contributed by atoms with Crippen molar-refractivity contribution in [2.45, 2.75) is 17.9 Å². The van der Waals surface area contributed by atoms with Crippen molar-refractivity contribution in [1.29, 1.82) is 0 Å². The van der Waals surface area contributed by atoms with Crippen molar-refractivity contribution in [1.82, 2.24) is 0 Å². The largest absolute Gasteiger partial charge is 0.479 e. The van der Waals surface area contributed by atoms with E-state index in [-0.39, 0.29) is 27.8 Å².